The second kappa shape index (κ2) is 9.34. The van der Waals surface area contributed by atoms with Gasteiger partial charge in [0.2, 0.25) is 0 Å². The molecule has 5 aromatic rings. The number of nitrogens with zero attached hydrogens (tertiary/aromatic N) is 5. The largest absolute Gasteiger partial charge is 0.337 e. The van der Waals surface area contributed by atoms with E-state index in [9.17, 15) is 4.39 Å². The predicted molar refractivity (Wildman–Crippen MR) is 149 cm³/mol. The van der Waals surface area contributed by atoms with Gasteiger partial charge in [-0.1, -0.05) is 12.1 Å². The van der Waals surface area contributed by atoms with Gasteiger partial charge in [-0.05, 0) is 82.4 Å². The van der Waals surface area contributed by atoms with Crippen LogP contribution < -0.4 is 5.32 Å². The monoisotopic (exact) mass is 586 g/mol. The minimum absolute atomic E-state index is 0.314. The molecule has 0 spiro atoms. The lowest BCUT2D eigenvalue weighted by Gasteiger charge is -2.16. The van der Waals surface area contributed by atoms with Gasteiger partial charge in [-0.25, -0.2) is 19.3 Å². The summed E-state index contributed by atoms with van der Waals surface area (Å²) in [5, 5.41) is 5.14. The zero-order valence-corrected chi connectivity index (χ0v) is 21.5. The Balaban J connectivity index is 1.44. The Morgan fingerprint density at radius 1 is 0.972 bits per heavy atom. The highest BCUT2D eigenvalue weighted by atomic mass is 127. The highest BCUT2D eigenvalue weighted by molar-refractivity contribution is 14.1. The highest BCUT2D eigenvalue weighted by Gasteiger charge is 2.20. The van der Waals surface area contributed by atoms with Crippen molar-refractivity contribution in [3.63, 3.8) is 0 Å². The topological polar surface area (TPSA) is 76.0 Å². The number of benzene rings is 2. The van der Waals surface area contributed by atoms with Crippen molar-refractivity contribution in [1.29, 1.82) is 0 Å². The van der Waals surface area contributed by atoms with Crippen LogP contribution in [0.5, 0.6) is 0 Å². The standard InChI is InChI=1S/C28H20FIN6/c1-16-4-6-19-18(8-11-33-28(19)36-23-7-5-17(30)13-22(23)29)21(16)14-25-20(3-2-10-31-25)26-27-24(9-12-32-27)34-15-35-26/h2-8,10-13,15H,9,14H2,1H3,(H,33,36). The summed E-state index contributed by atoms with van der Waals surface area (Å²) in [5.41, 5.74) is 7.07. The van der Waals surface area contributed by atoms with Crippen molar-refractivity contribution in [2.75, 3.05) is 5.32 Å². The first-order valence-electron chi connectivity index (χ1n) is 11.5. The molecule has 0 fully saturated rings. The van der Waals surface area contributed by atoms with E-state index < -0.39 is 0 Å². The number of anilines is 2. The van der Waals surface area contributed by atoms with E-state index in [0.717, 1.165) is 53.8 Å². The minimum Gasteiger partial charge on any atom is -0.337 e. The van der Waals surface area contributed by atoms with Crippen LogP contribution in [0.3, 0.4) is 0 Å². The summed E-state index contributed by atoms with van der Waals surface area (Å²) in [6.45, 7) is 2.09. The van der Waals surface area contributed by atoms with Gasteiger partial charge in [0.25, 0.3) is 0 Å². The zero-order chi connectivity index (χ0) is 24.6. The second-order valence-electron chi connectivity index (χ2n) is 8.57. The summed E-state index contributed by atoms with van der Waals surface area (Å²) in [5.74, 6) is 0.296. The first kappa shape index (κ1) is 22.7. The van der Waals surface area contributed by atoms with Crippen LogP contribution in [0.1, 0.15) is 22.5 Å². The number of halogens is 2. The van der Waals surface area contributed by atoms with Crippen LogP contribution in [0, 0.1) is 16.3 Å². The Kier molecular flexibility index (Phi) is 5.88. The number of rotatable bonds is 5. The van der Waals surface area contributed by atoms with Gasteiger partial charge in [0.1, 0.15) is 29.3 Å². The fourth-order valence-electron chi connectivity index (χ4n) is 4.56. The summed E-state index contributed by atoms with van der Waals surface area (Å²) in [6.07, 6.45) is 8.33. The number of pyridine rings is 2. The maximum atomic E-state index is 14.5. The van der Waals surface area contributed by atoms with E-state index in [2.05, 4.69) is 60.8 Å². The lowest BCUT2D eigenvalue weighted by Crippen LogP contribution is -2.02. The number of hydrogen-bond donors (Lipinski definition) is 1. The van der Waals surface area contributed by atoms with Crippen LogP contribution in [0.25, 0.3) is 22.0 Å². The van der Waals surface area contributed by atoms with Crippen molar-refractivity contribution in [3.05, 3.63) is 99.2 Å². The van der Waals surface area contributed by atoms with Crippen LogP contribution in [-0.4, -0.2) is 26.2 Å². The van der Waals surface area contributed by atoms with Crippen molar-refractivity contribution in [3.8, 4) is 11.3 Å². The van der Waals surface area contributed by atoms with Crippen molar-refractivity contribution in [2.45, 2.75) is 19.8 Å². The summed E-state index contributed by atoms with van der Waals surface area (Å²) >= 11 is 2.10. The molecule has 176 valence electrons. The Labute approximate surface area is 220 Å². The Morgan fingerprint density at radius 3 is 2.78 bits per heavy atom. The third-order valence-corrected chi connectivity index (χ3v) is 7.04. The Morgan fingerprint density at radius 2 is 1.89 bits per heavy atom. The molecule has 4 heterocycles. The van der Waals surface area contributed by atoms with Gasteiger partial charge in [0.15, 0.2) is 0 Å². The van der Waals surface area contributed by atoms with Crippen molar-refractivity contribution in [2.24, 2.45) is 4.99 Å². The molecule has 36 heavy (non-hydrogen) atoms. The Bertz CT molecular complexity index is 1670. The molecule has 0 saturated heterocycles. The molecule has 0 atom stereocenters. The number of aryl methyl sites for hydroxylation is 1. The average molecular weight is 586 g/mol. The molecule has 6 rings (SSSR count). The zero-order valence-electron chi connectivity index (χ0n) is 19.3. The minimum atomic E-state index is -0.314. The number of hydrogen-bond acceptors (Lipinski definition) is 6. The van der Waals surface area contributed by atoms with Crippen molar-refractivity contribution >= 4 is 56.8 Å². The SMILES string of the molecule is Cc1ccc2c(Nc3ccc(I)cc3F)nccc2c1Cc1ncccc1-c1ncnc2c1N=CC2. The van der Waals surface area contributed by atoms with Gasteiger partial charge in [0.05, 0.1) is 17.1 Å². The lowest BCUT2D eigenvalue weighted by atomic mass is 9.94. The van der Waals surface area contributed by atoms with Crippen LogP contribution in [-0.2, 0) is 12.8 Å². The van der Waals surface area contributed by atoms with Crippen LogP contribution in [0.4, 0.5) is 21.6 Å². The van der Waals surface area contributed by atoms with Gasteiger partial charge >= 0.3 is 0 Å². The average Bonchev–Trinajstić information content (AvgIpc) is 3.37. The van der Waals surface area contributed by atoms with Gasteiger partial charge in [-0.2, -0.15) is 0 Å². The number of aliphatic imine (C=N–C) groups is 1. The molecule has 2 aromatic carbocycles. The normalized spacial score (nSPS) is 12.2. The first-order chi connectivity index (χ1) is 17.6. The quantitative estimate of drug-likeness (QED) is 0.231. The van der Waals surface area contributed by atoms with Gasteiger partial charge in [-0.15, -0.1) is 0 Å². The summed E-state index contributed by atoms with van der Waals surface area (Å²) < 4.78 is 15.4. The van der Waals surface area contributed by atoms with E-state index in [-0.39, 0.29) is 5.82 Å². The fourth-order valence-corrected chi connectivity index (χ4v) is 5.02. The number of nitrogens with one attached hydrogen (secondary N) is 1. The molecular weight excluding hydrogens is 566 g/mol. The molecular formula is C28H20FIN6. The maximum absolute atomic E-state index is 14.5. The van der Waals surface area contributed by atoms with E-state index >= 15 is 0 Å². The molecule has 0 saturated carbocycles. The van der Waals surface area contributed by atoms with E-state index in [0.29, 0.717) is 24.3 Å². The molecule has 8 heteroatoms. The first-order valence-corrected chi connectivity index (χ1v) is 12.6. The molecule has 0 aliphatic carbocycles. The third kappa shape index (κ3) is 4.11. The molecule has 0 amide bonds. The molecule has 3 aromatic heterocycles. The summed E-state index contributed by atoms with van der Waals surface area (Å²) in [4.78, 5) is 22.7. The molecule has 0 unspecified atom stereocenters. The molecule has 1 aliphatic rings. The molecule has 1 aliphatic heterocycles. The molecule has 1 N–H and O–H groups in total. The van der Waals surface area contributed by atoms with Crippen LogP contribution in [0.2, 0.25) is 0 Å². The van der Waals surface area contributed by atoms with E-state index in [1.54, 1.807) is 24.8 Å². The smallest absolute Gasteiger partial charge is 0.147 e. The molecule has 0 bridgehead atoms. The highest BCUT2D eigenvalue weighted by Crippen LogP contribution is 2.36. The van der Waals surface area contributed by atoms with Gasteiger partial charge < -0.3 is 5.32 Å². The summed E-state index contributed by atoms with van der Waals surface area (Å²) in [7, 11) is 0. The van der Waals surface area contributed by atoms with Crippen molar-refractivity contribution in [1.82, 2.24) is 19.9 Å². The van der Waals surface area contributed by atoms with Crippen molar-refractivity contribution < 1.29 is 4.39 Å². The fraction of sp³-hybridized carbons (Fsp3) is 0.107. The van der Waals surface area contributed by atoms with Crippen LogP contribution in [0.15, 0.2) is 72.2 Å². The molecule has 6 nitrogen and oxygen atoms in total. The maximum Gasteiger partial charge on any atom is 0.147 e. The van der Waals surface area contributed by atoms with E-state index in [4.69, 9.17) is 4.98 Å². The van der Waals surface area contributed by atoms with Gasteiger partial charge in [-0.3, -0.25) is 9.98 Å². The van der Waals surface area contributed by atoms with E-state index in [1.807, 2.05) is 36.5 Å². The second-order valence-corrected chi connectivity index (χ2v) is 9.82. The van der Waals surface area contributed by atoms with Gasteiger partial charge in [0, 0.05) is 46.0 Å². The molecule has 0 radical (unpaired) electrons. The number of fused-ring (bicyclic) bond motifs is 2. The predicted octanol–water partition coefficient (Wildman–Crippen LogP) is 6.73. The van der Waals surface area contributed by atoms with Crippen LogP contribution >= 0.6 is 22.6 Å². The lowest BCUT2D eigenvalue weighted by molar-refractivity contribution is 0.631. The summed E-state index contributed by atoms with van der Waals surface area (Å²) in [6, 6.07) is 15.2. The van der Waals surface area contributed by atoms with E-state index in [1.165, 1.54) is 6.07 Å². The Hall–Kier alpha value is -3.79. The number of aromatic nitrogens is 4. The third-order valence-electron chi connectivity index (χ3n) is 6.37.